The first-order valence-electron chi connectivity index (χ1n) is 13.0. The Morgan fingerprint density at radius 1 is 1.11 bits per heavy atom. The van der Waals surface area contributed by atoms with Gasteiger partial charge in [-0.3, -0.25) is 9.59 Å². The monoisotopic (exact) mass is 531 g/mol. The minimum absolute atomic E-state index is 0.00416. The molecule has 0 aliphatic carbocycles. The predicted octanol–water partition coefficient (Wildman–Crippen LogP) is 7.03. The molecule has 1 aromatic heterocycles. The zero-order valence-electron chi connectivity index (χ0n) is 22.1. The minimum atomic E-state index is -0.110. The highest BCUT2D eigenvalue weighted by molar-refractivity contribution is 6.30. The molecule has 8 heteroatoms. The number of unbranched alkanes of at least 4 members (excludes halogenated alkanes) is 1. The first-order valence-corrected chi connectivity index (χ1v) is 13.4. The van der Waals surface area contributed by atoms with Crippen molar-refractivity contribution in [3.05, 3.63) is 78.1 Å². The molecule has 2 N–H and O–H groups in total. The van der Waals surface area contributed by atoms with Gasteiger partial charge < -0.3 is 15.5 Å². The summed E-state index contributed by atoms with van der Waals surface area (Å²) in [5.74, 6) is 0.606. The Morgan fingerprint density at radius 3 is 2.42 bits per heavy atom. The molecule has 2 aromatic carbocycles. The van der Waals surface area contributed by atoms with E-state index in [0.717, 1.165) is 47.3 Å². The molecule has 0 saturated carbocycles. The number of carbonyl (C=O) groups is 2. The van der Waals surface area contributed by atoms with Crippen LogP contribution in [0.5, 0.6) is 0 Å². The molecule has 2 amide bonds. The van der Waals surface area contributed by atoms with Crippen molar-refractivity contribution in [3.8, 4) is 11.1 Å². The van der Waals surface area contributed by atoms with Gasteiger partial charge >= 0.3 is 0 Å². The molecule has 4 rings (SSSR count). The molecule has 3 aromatic rings. The number of nitrogens with one attached hydrogen (secondary N) is 2. The van der Waals surface area contributed by atoms with Crippen LogP contribution >= 0.6 is 11.6 Å². The van der Waals surface area contributed by atoms with E-state index in [1.54, 1.807) is 19.3 Å². The molecule has 198 valence electrons. The van der Waals surface area contributed by atoms with Crippen molar-refractivity contribution < 1.29 is 9.59 Å². The van der Waals surface area contributed by atoms with Gasteiger partial charge in [0, 0.05) is 36.7 Å². The fraction of sp³-hybridized carbons (Fsp3) is 0.333. The van der Waals surface area contributed by atoms with Gasteiger partial charge in [0.2, 0.25) is 17.8 Å². The number of nitrogens with zero attached hydrogens (tertiary/aromatic N) is 3. The molecule has 0 saturated heterocycles. The SMILES string of the molecule is C=CCCCC(=O)Nc1ccc(-c2ccc3c(c2)[C@H](Nc2ncc(Cl)cn2)[C@@H](C)[C@@H](CC)N3C(C)=O)cc1. The number of carbonyl (C=O) groups excluding carboxylic acids is 2. The Hall–Kier alpha value is -3.71. The van der Waals surface area contributed by atoms with Gasteiger partial charge in [-0.1, -0.05) is 49.7 Å². The fourth-order valence-corrected chi connectivity index (χ4v) is 5.29. The number of amides is 2. The number of fused-ring (bicyclic) bond motifs is 1. The minimum Gasteiger partial charge on any atom is -0.347 e. The number of hydrogen-bond acceptors (Lipinski definition) is 5. The molecule has 0 unspecified atom stereocenters. The second-order valence-electron chi connectivity index (χ2n) is 9.65. The van der Waals surface area contributed by atoms with Gasteiger partial charge in [0.25, 0.3) is 0 Å². The van der Waals surface area contributed by atoms with Crippen molar-refractivity contribution in [1.29, 1.82) is 0 Å². The smallest absolute Gasteiger partial charge is 0.224 e. The Kier molecular flexibility index (Phi) is 8.79. The second kappa shape index (κ2) is 12.2. The van der Waals surface area contributed by atoms with Crippen LogP contribution in [0.4, 0.5) is 17.3 Å². The summed E-state index contributed by atoms with van der Waals surface area (Å²) in [5.41, 5.74) is 4.69. The molecular weight excluding hydrogens is 498 g/mol. The maximum absolute atomic E-state index is 12.8. The lowest BCUT2D eigenvalue weighted by Gasteiger charge is -2.45. The van der Waals surface area contributed by atoms with Crippen LogP contribution in [0.15, 0.2) is 67.5 Å². The summed E-state index contributed by atoms with van der Waals surface area (Å²) in [5, 5.41) is 6.92. The van der Waals surface area contributed by atoms with Crippen molar-refractivity contribution in [2.45, 2.75) is 58.5 Å². The van der Waals surface area contributed by atoms with Crippen molar-refractivity contribution in [3.63, 3.8) is 0 Å². The molecule has 0 spiro atoms. The summed E-state index contributed by atoms with van der Waals surface area (Å²) in [7, 11) is 0. The highest BCUT2D eigenvalue weighted by Gasteiger charge is 2.40. The first-order chi connectivity index (χ1) is 18.3. The van der Waals surface area contributed by atoms with Crippen molar-refractivity contribution in [2.75, 3.05) is 15.5 Å². The number of allylic oxidation sites excluding steroid dienone is 1. The highest BCUT2D eigenvalue weighted by atomic mass is 35.5. The van der Waals surface area contributed by atoms with E-state index in [4.69, 9.17) is 11.6 Å². The second-order valence-corrected chi connectivity index (χ2v) is 10.1. The molecule has 2 heterocycles. The summed E-state index contributed by atoms with van der Waals surface area (Å²) in [4.78, 5) is 35.6. The van der Waals surface area contributed by atoms with Gasteiger partial charge in [0.05, 0.1) is 23.5 Å². The van der Waals surface area contributed by atoms with Crippen LogP contribution in [0.1, 0.15) is 58.1 Å². The van der Waals surface area contributed by atoms with Crippen LogP contribution in [0.2, 0.25) is 5.02 Å². The van der Waals surface area contributed by atoms with E-state index in [0.29, 0.717) is 17.4 Å². The van der Waals surface area contributed by atoms with E-state index in [2.05, 4.69) is 47.1 Å². The number of halogens is 1. The highest BCUT2D eigenvalue weighted by Crippen LogP contribution is 2.44. The van der Waals surface area contributed by atoms with Crippen molar-refractivity contribution in [1.82, 2.24) is 9.97 Å². The quantitative estimate of drug-likeness (QED) is 0.229. The van der Waals surface area contributed by atoms with Gasteiger partial charge in [0.1, 0.15) is 0 Å². The summed E-state index contributed by atoms with van der Waals surface area (Å²) in [6.45, 7) is 9.57. The number of anilines is 3. The van der Waals surface area contributed by atoms with Gasteiger partial charge in [-0.15, -0.1) is 6.58 Å². The lowest BCUT2D eigenvalue weighted by molar-refractivity contribution is -0.117. The molecule has 3 atom stereocenters. The Balaban J connectivity index is 1.65. The lowest BCUT2D eigenvalue weighted by Crippen LogP contribution is -2.49. The Bertz CT molecular complexity index is 1290. The van der Waals surface area contributed by atoms with Crippen LogP contribution < -0.4 is 15.5 Å². The van der Waals surface area contributed by atoms with Crippen LogP contribution in [0.3, 0.4) is 0 Å². The first kappa shape index (κ1) is 27.3. The Morgan fingerprint density at radius 2 is 1.79 bits per heavy atom. The number of aromatic nitrogens is 2. The van der Waals surface area contributed by atoms with E-state index >= 15 is 0 Å². The largest absolute Gasteiger partial charge is 0.347 e. The third kappa shape index (κ3) is 6.05. The van der Waals surface area contributed by atoms with E-state index in [9.17, 15) is 9.59 Å². The summed E-state index contributed by atoms with van der Waals surface area (Å²) < 4.78 is 0. The van der Waals surface area contributed by atoms with Crippen LogP contribution in [0, 0.1) is 5.92 Å². The molecule has 0 bridgehead atoms. The molecule has 38 heavy (non-hydrogen) atoms. The van der Waals surface area contributed by atoms with Gasteiger partial charge in [-0.2, -0.15) is 0 Å². The van der Waals surface area contributed by atoms with Crippen molar-refractivity contribution in [2.24, 2.45) is 5.92 Å². The third-order valence-corrected chi connectivity index (χ3v) is 7.26. The number of hydrogen-bond donors (Lipinski definition) is 2. The molecule has 1 aliphatic heterocycles. The Labute approximate surface area is 229 Å². The van der Waals surface area contributed by atoms with E-state index in [-0.39, 0.29) is 29.8 Å². The van der Waals surface area contributed by atoms with Crippen LogP contribution in [-0.2, 0) is 9.59 Å². The topological polar surface area (TPSA) is 87.2 Å². The molecule has 0 radical (unpaired) electrons. The molecule has 1 aliphatic rings. The normalized spacial score (nSPS) is 18.4. The van der Waals surface area contributed by atoms with E-state index in [1.807, 2.05) is 47.4 Å². The van der Waals surface area contributed by atoms with Gasteiger partial charge in [-0.25, -0.2) is 9.97 Å². The fourth-order valence-electron chi connectivity index (χ4n) is 5.19. The lowest BCUT2D eigenvalue weighted by atomic mass is 9.80. The standard InChI is InChI=1S/C30H34ClN5O2/c1-5-7-8-9-28(38)34-24-13-10-21(11-14-24)22-12-15-27-25(16-22)29(35-30-32-17-23(31)18-33-30)19(3)26(6-2)36(27)20(4)37/h5,10-19,26,29H,1,6-9H2,2-4H3,(H,34,38)(H,32,33,35)/t19-,26+,29+/m0/s1. The molecule has 0 fully saturated rings. The van der Waals surface area contributed by atoms with E-state index < -0.39 is 0 Å². The molecule has 7 nitrogen and oxygen atoms in total. The summed E-state index contributed by atoms with van der Waals surface area (Å²) in [6.07, 6.45) is 7.86. The zero-order chi connectivity index (χ0) is 27.2. The van der Waals surface area contributed by atoms with Crippen molar-refractivity contribution >= 4 is 40.7 Å². The average molecular weight is 532 g/mol. The maximum atomic E-state index is 12.8. The van der Waals surface area contributed by atoms with E-state index in [1.165, 1.54) is 0 Å². The maximum Gasteiger partial charge on any atom is 0.224 e. The average Bonchev–Trinajstić information content (AvgIpc) is 2.91. The van der Waals surface area contributed by atoms with Crippen LogP contribution in [-0.4, -0.2) is 27.8 Å². The third-order valence-electron chi connectivity index (χ3n) is 7.06. The molecular formula is C30H34ClN5O2. The predicted molar refractivity (Wildman–Crippen MR) is 154 cm³/mol. The zero-order valence-corrected chi connectivity index (χ0v) is 22.8. The summed E-state index contributed by atoms with van der Waals surface area (Å²) in [6, 6.07) is 13.9. The van der Waals surface area contributed by atoms with Gasteiger partial charge in [-0.05, 0) is 60.2 Å². The number of benzene rings is 2. The number of rotatable bonds is 9. The summed E-state index contributed by atoms with van der Waals surface area (Å²) >= 11 is 6.00. The van der Waals surface area contributed by atoms with Crippen LogP contribution in [0.25, 0.3) is 11.1 Å². The van der Waals surface area contributed by atoms with Gasteiger partial charge in [0.15, 0.2) is 0 Å².